The van der Waals surface area contributed by atoms with Gasteiger partial charge in [-0.3, -0.25) is 4.98 Å². The van der Waals surface area contributed by atoms with Crippen LogP contribution in [-0.4, -0.2) is 4.98 Å². The van der Waals surface area contributed by atoms with Gasteiger partial charge in [-0.1, -0.05) is 19.1 Å². The van der Waals surface area contributed by atoms with Gasteiger partial charge in [-0.15, -0.1) is 0 Å². The Hall–Kier alpha value is -1.96. The zero-order valence-electron chi connectivity index (χ0n) is 11.6. The van der Waals surface area contributed by atoms with Crippen LogP contribution in [0.1, 0.15) is 35.6 Å². The van der Waals surface area contributed by atoms with Crippen molar-refractivity contribution in [1.29, 1.82) is 0 Å². The quantitative estimate of drug-likeness (QED) is 0.776. The van der Waals surface area contributed by atoms with Crippen LogP contribution in [0.2, 0.25) is 0 Å². The minimum atomic E-state index is -0.194. The topological polar surface area (TPSA) is 12.9 Å². The molecule has 0 aliphatic carbocycles. The molecule has 0 saturated heterocycles. The summed E-state index contributed by atoms with van der Waals surface area (Å²) < 4.78 is 13.2. The molecule has 1 nitrogen and oxygen atoms in total. The molecule has 2 rings (SSSR count). The van der Waals surface area contributed by atoms with Crippen molar-refractivity contribution >= 4 is 5.57 Å². The third kappa shape index (κ3) is 2.90. The molecule has 0 fully saturated rings. The van der Waals surface area contributed by atoms with E-state index < -0.39 is 0 Å². The molecule has 0 spiro atoms. The van der Waals surface area contributed by atoms with Crippen LogP contribution in [-0.2, 0) is 0 Å². The first kappa shape index (κ1) is 13.5. The first-order valence-corrected chi connectivity index (χ1v) is 6.51. The molecule has 19 heavy (non-hydrogen) atoms. The molecule has 0 saturated carbocycles. The molecule has 2 aromatic rings. The van der Waals surface area contributed by atoms with Gasteiger partial charge in [0.2, 0.25) is 0 Å². The Labute approximate surface area is 113 Å². The van der Waals surface area contributed by atoms with E-state index in [4.69, 9.17) is 0 Å². The highest BCUT2D eigenvalue weighted by Crippen LogP contribution is 2.28. The zero-order chi connectivity index (χ0) is 13.8. The van der Waals surface area contributed by atoms with Gasteiger partial charge in [0.25, 0.3) is 0 Å². The Balaban J connectivity index is 2.59. The van der Waals surface area contributed by atoms with Crippen LogP contribution < -0.4 is 0 Å². The number of halogens is 1. The van der Waals surface area contributed by atoms with E-state index in [0.29, 0.717) is 0 Å². The van der Waals surface area contributed by atoms with Gasteiger partial charge in [-0.05, 0) is 60.7 Å². The van der Waals surface area contributed by atoms with Gasteiger partial charge in [0, 0.05) is 18.0 Å². The third-order valence-corrected chi connectivity index (χ3v) is 3.22. The monoisotopic (exact) mass is 255 g/mol. The maximum absolute atomic E-state index is 13.2. The van der Waals surface area contributed by atoms with Crippen molar-refractivity contribution in [2.75, 3.05) is 0 Å². The van der Waals surface area contributed by atoms with Gasteiger partial charge in [0.05, 0.1) is 0 Å². The van der Waals surface area contributed by atoms with Crippen molar-refractivity contribution in [3.05, 3.63) is 70.8 Å². The summed E-state index contributed by atoms with van der Waals surface area (Å²) in [4.78, 5) is 4.21. The fraction of sp³-hybridized carbons (Fsp3) is 0.235. The predicted molar refractivity (Wildman–Crippen MR) is 77.5 cm³/mol. The molecule has 0 unspecified atom stereocenters. The lowest BCUT2D eigenvalue weighted by molar-refractivity contribution is 0.626. The first-order valence-electron chi connectivity index (χ1n) is 6.51. The van der Waals surface area contributed by atoms with Crippen molar-refractivity contribution in [2.24, 2.45) is 0 Å². The largest absolute Gasteiger partial charge is 0.264 e. The minimum absolute atomic E-state index is 0.194. The van der Waals surface area contributed by atoms with Gasteiger partial charge in [-0.2, -0.15) is 0 Å². The zero-order valence-corrected chi connectivity index (χ0v) is 11.6. The van der Waals surface area contributed by atoms with E-state index in [1.54, 1.807) is 12.3 Å². The summed E-state index contributed by atoms with van der Waals surface area (Å²) in [5.74, 6) is -0.194. The van der Waals surface area contributed by atoms with Crippen LogP contribution in [0.3, 0.4) is 0 Å². The molecular formula is C17H18FN. The summed E-state index contributed by atoms with van der Waals surface area (Å²) in [6.07, 6.45) is 6.77. The predicted octanol–water partition coefficient (Wildman–Crippen LogP) is 4.68. The summed E-state index contributed by atoms with van der Waals surface area (Å²) in [7, 11) is 0. The molecule has 98 valence electrons. The SMILES string of the molecule is CC/C=C(\c1ccc(F)cc1C)c1cnccc1C. The van der Waals surface area contributed by atoms with Crippen molar-refractivity contribution in [2.45, 2.75) is 27.2 Å². The fourth-order valence-corrected chi connectivity index (χ4v) is 2.24. The van der Waals surface area contributed by atoms with Crippen molar-refractivity contribution in [1.82, 2.24) is 4.98 Å². The molecular weight excluding hydrogens is 237 g/mol. The molecule has 0 amide bonds. The number of benzene rings is 1. The number of aryl methyl sites for hydroxylation is 2. The smallest absolute Gasteiger partial charge is 0.123 e. The standard InChI is InChI=1S/C17H18FN/c1-4-5-16(17-11-19-9-8-12(17)2)15-7-6-14(18)10-13(15)3/h5-11H,4H2,1-3H3/b16-5+. The number of rotatable bonds is 3. The molecule has 0 bridgehead atoms. The minimum Gasteiger partial charge on any atom is -0.264 e. The van der Waals surface area contributed by atoms with Gasteiger partial charge in [0.1, 0.15) is 5.82 Å². The Morgan fingerprint density at radius 1 is 1.16 bits per heavy atom. The Morgan fingerprint density at radius 3 is 2.58 bits per heavy atom. The van der Waals surface area contributed by atoms with Gasteiger partial charge >= 0.3 is 0 Å². The molecule has 2 heteroatoms. The number of hydrogen-bond acceptors (Lipinski definition) is 1. The molecule has 1 heterocycles. The summed E-state index contributed by atoms with van der Waals surface area (Å²) in [6.45, 7) is 6.11. The van der Waals surface area contributed by atoms with Crippen molar-refractivity contribution < 1.29 is 4.39 Å². The van der Waals surface area contributed by atoms with Crippen LogP contribution in [0, 0.1) is 19.7 Å². The Morgan fingerprint density at radius 2 is 1.95 bits per heavy atom. The average Bonchev–Trinajstić information content (AvgIpc) is 2.38. The molecule has 0 atom stereocenters. The molecule has 0 radical (unpaired) electrons. The number of allylic oxidation sites excluding steroid dienone is 1. The second kappa shape index (κ2) is 5.79. The Bertz CT molecular complexity index is 614. The molecule has 0 aliphatic heterocycles. The van der Waals surface area contributed by atoms with Crippen LogP contribution in [0.25, 0.3) is 5.57 Å². The summed E-state index contributed by atoms with van der Waals surface area (Å²) in [5, 5.41) is 0. The second-order valence-corrected chi connectivity index (χ2v) is 4.68. The summed E-state index contributed by atoms with van der Waals surface area (Å²) in [6, 6.07) is 6.93. The van der Waals surface area contributed by atoms with E-state index >= 15 is 0 Å². The lowest BCUT2D eigenvalue weighted by atomic mass is 9.92. The average molecular weight is 255 g/mol. The highest BCUT2D eigenvalue weighted by Gasteiger charge is 2.10. The molecule has 0 N–H and O–H groups in total. The van der Waals surface area contributed by atoms with E-state index in [1.165, 1.54) is 11.6 Å². The van der Waals surface area contributed by atoms with Crippen LogP contribution in [0.4, 0.5) is 4.39 Å². The lowest BCUT2D eigenvalue weighted by Crippen LogP contribution is -1.96. The number of pyridine rings is 1. The highest BCUT2D eigenvalue weighted by molar-refractivity contribution is 5.82. The maximum Gasteiger partial charge on any atom is 0.123 e. The van der Waals surface area contributed by atoms with E-state index in [2.05, 4.69) is 24.9 Å². The molecule has 1 aromatic heterocycles. The van der Waals surface area contributed by atoms with E-state index in [1.807, 2.05) is 25.3 Å². The normalized spacial score (nSPS) is 11.7. The van der Waals surface area contributed by atoms with Gasteiger partial charge < -0.3 is 0 Å². The lowest BCUT2D eigenvalue weighted by Gasteiger charge is -2.13. The van der Waals surface area contributed by atoms with Crippen LogP contribution in [0.5, 0.6) is 0 Å². The summed E-state index contributed by atoms with van der Waals surface area (Å²) in [5.41, 5.74) is 5.44. The first-order chi connectivity index (χ1) is 9.13. The van der Waals surface area contributed by atoms with Gasteiger partial charge in [-0.25, -0.2) is 4.39 Å². The van der Waals surface area contributed by atoms with Crippen LogP contribution in [0.15, 0.2) is 42.7 Å². The third-order valence-electron chi connectivity index (χ3n) is 3.22. The Kier molecular flexibility index (Phi) is 4.10. The molecule has 0 aliphatic rings. The van der Waals surface area contributed by atoms with Gasteiger partial charge in [0.15, 0.2) is 0 Å². The van der Waals surface area contributed by atoms with E-state index in [9.17, 15) is 4.39 Å². The van der Waals surface area contributed by atoms with Crippen LogP contribution >= 0.6 is 0 Å². The second-order valence-electron chi connectivity index (χ2n) is 4.68. The molecule has 1 aromatic carbocycles. The summed E-state index contributed by atoms with van der Waals surface area (Å²) >= 11 is 0. The number of aromatic nitrogens is 1. The van der Waals surface area contributed by atoms with Crippen molar-refractivity contribution in [3.63, 3.8) is 0 Å². The highest BCUT2D eigenvalue weighted by atomic mass is 19.1. The van der Waals surface area contributed by atoms with Crippen molar-refractivity contribution in [3.8, 4) is 0 Å². The number of hydrogen-bond donors (Lipinski definition) is 0. The maximum atomic E-state index is 13.2. The van der Waals surface area contributed by atoms with E-state index in [0.717, 1.165) is 28.7 Å². The fourth-order valence-electron chi connectivity index (χ4n) is 2.24. The van der Waals surface area contributed by atoms with E-state index in [-0.39, 0.29) is 5.82 Å². The number of nitrogens with zero attached hydrogens (tertiary/aromatic N) is 1.